The number of nitrogens with one attached hydrogen (secondary N) is 1. The summed E-state index contributed by atoms with van der Waals surface area (Å²) in [7, 11) is 1.82. The minimum absolute atomic E-state index is 0.0614. The van der Waals surface area contributed by atoms with Crippen LogP contribution in [0.25, 0.3) is 10.9 Å². The zero-order valence-corrected chi connectivity index (χ0v) is 16.2. The van der Waals surface area contributed by atoms with E-state index in [1.165, 1.54) is 6.20 Å². The number of carbonyl (C=O) groups is 2. The van der Waals surface area contributed by atoms with Gasteiger partial charge in [-0.2, -0.15) is 0 Å². The van der Waals surface area contributed by atoms with Crippen molar-refractivity contribution in [3.63, 3.8) is 0 Å². The van der Waals surface area contributed by atoms with E-state index in [1.807, 2.05) is 16.5 Å². The largest absolute Gasteiger partial charge is 0.481 e. The fraction of sp³-hybridized carbons (Fsp3) is 0.421. The van der Waals surface area contributed by atoms with Crippen molar-refractivity contribution in [3.05, 3.63) is 39.1 Å². The van der Waals surface area contributed by atoms with Gasteiger partial charge in [0.25, 0.3) is 0 Å². The third-order valence-electron chi connectivity index (χ3n) is 4.81. The number of carboxylic acid groups (broad SMARTS) is 2. The molecule has 1 fully saturated rings. The lowest BCUT2D eigenvalue weighted by Gasteiger charge is -2.18. The molecule has 0 atom stereocenters. The van der Waals surface area contributed by atoms with Crippen LogP contribution < -0.4 is 10.7 Å². The molecule has 3 rings (SSSR count). The first-order valence-corrected chi connectivity index (χ1v) is 9.41. The van der Waals surface area contributed by atoms with Crippen LogP contribution in [-0.2, 0) is 4.79 Å². The lowest BCUT2D eigenvalue weighted by molar-refractivity contribution is -0.137. The summed E-state index contributed by atoms with van der Waals surface area (Å²) in [5.74, 6) is -2.09. The zero-order valence-electron chi connectivity index (χ0n) is 15.4. The van der Waals surface area contributed by atoms with E-state index < -0.39 is 17.4 Å². The number of anilines is 1. The first-order valence-electron chi connectivity index (χ1n) is 9.04. The van der Waals surface area contributed by atoms with Crippen molar-refractivity contribution in [3.8, 4) is 0 Å². The number of hydrogen-bond acceptors (Lipinski definition) is 5. The molecule has 1 heterocycles. The monoisotopic (exact) mass is 407 g/mol. The van der Waals surface area contributed by atoms with E-state index in [-0.39, 0.29) is 18.0 Å². The Kier molecular flexibility index (Phi) is 5.90. The van der Waals surface area contributed by atoms with Crippen LogP contribution >= 0.6 is 11.6 Å². The summed E-state index contributed by atoms with van der Waals surface area (Å²) in [4.78, 5) is 36.6. The van der Waals surface area contributed by atoms with Crippen molar-refractivity contribution in [1.82, 2.24) is 9.47 Å². The van der Waals surface area contributed by atoms with Crippen molar-refractivity contribution in [2.45, 2.75) is 25.3 Å². The van der Waals surface area contributed by atoms with Crippen molar-refractivity contribution in [2.75, 3.05) is 32.0 Å². The number of benzene rings is 1. The lowest BCUT2D eigenvalue weighted by Crippen LogP contribution is -2.27. The number of carboxylic acids is 2. The van der Waals surface area contributed by atoms with E-state index in [9.17, 15) is 19.5 Å². The first-order chi connectivity index (χ1) is 13.3. The Balaban J connectivity index is 1.85. The highest BCUT2D eigenvalue weighted by Gasteiger charge is 2.27. The first kappa shape index (κ1) is 20.2. The Hall–Kier alpha value is -2.58. The van der Waals surface area contributed by atoms with Gasteiger partial charge in [-0.25, -0.2) is 4.79 Å². The Morgan fingerprint density at radius 2 is 2.00 bits per heavy atom. The van der Waals surface area contributed by atoms with E-state index in [0.29, 0.717) is 41.2 Å². The molecule has 150 valence electrons. The number of hydrogen-bond donors (Lipinski definition) is 3. The third kappa shape index (κ3) is 4.45. The molecule has 1 aromatic heterocycles. The number of pyridine rings is 1. The van der Waals surface area contributed by atoms with Gasteiger partial charge in [0.15, 0.2) is 0 Å². The Morgan fingerprint density at radius 1 is 1.29 bits per heavy atom. The molecule has 0 radical (unpaired) electrons. The topological polar surface area (TPSA) is 112 Å². The van der Waals surface area contributed by atoms with Crippen LogP contribution in [0.15, 0.2) is 23.1 Å². The normalized spacial score (nSPS) is 13.8. The van der Waals surface area contributed by atoms with Gasteiger partial charge in [0, 0.05) is 37.3 Å². The predicted molar refractivity (Wildman–Crippen MR) is 107 cm³/mol. The highest BCUT2D eigenvalue weighted by molar-refractivity contribution is 6.34. The molecule has 8 nitrogen and oxygen atoms in total. The number of fused-ring (bicyclic) bond motifs is 1. The van der Waals surface area contributed by atoms with Gasteiger partial charge >= 0.3 is 11.9 Å². The molecule has 9 heteroatoms. The average Bonchev–Trinajstić information content (AvgIpc) is 3.46. The molecule has 2 aromatic rings. The van der Waals surface area contributed by atoms with Crippen molar-refractivity contribution in [2.24, 2.45) is 0 Å². The zero-order chi connectivity index (χ0) is 20.4. The number of halogens is 1. The molecule has 0 saturated heterocycles. The summed E-state index contributed by atoms with van der Waals surface area (Å²) in [5, 5.41) is 22.0. The SMILES string of the molecule is CN(CCNc1cc2c(=O)c(C(=O)O)cn(C3CC3)c2cc1Cl)CCC(=O)O. The third-order valence-corrected chi connectivity index (χ3v) is 5.12. The minimum Gasteiger partial charge on any atom is -0.481 e. The van der Waals surface area contributed by atoms with Crippen LogP contribution in [-0.4, -0.2) is 58.3 Å². The molecule has 0 unspecified atom stereocenters. The van der Waals surface area contributed by atoms with Crippen LogP contribution in [0.5, 0.6) is 0 Å². The van der Waals surface area contributed by atoms with Crippen molar-refractivity contribution >= 4 is 40.1 Å². The van der Waals surface area contributed by atoms with Crippen LogP contribution in [0.1, 0.15) is 35.7 Å². The summed E-state index contributed by atoms with van der Waals surface area (Å²) in [6, 6.07) is 3.49. The fourth-order valence-electron chi connectivity index (χ4n) is 3.09. The molecule has 0 bridgehead atoms. The van der Waals surface area contributed by atoms with Crippen LogP contribution in [0.4, 0.5) is 5.69 Å². The van der Waals surface area contributed by atoms with E-state index >= 15 is 0 Å². The maximum absolute atomic E-state index is 12.6. The number of nitrogens with zero attached hydrogens (tertiary/aromatic N) is 2. The van der Waals surface area contributed by atoms with E-state index in [2.05, 4.69) is 5.32 Å². The average molecular weight is 408 g/mol. The van der Waals surface area contributed by atoms with E-state index in [1.54, 1.807) is 12.1 Å². The van der Waals surface area contributed by atoms with Gasteiger partial charge in [-0.1, -0.05) is 11.6 Å². The summed E-state index contributed by atoms with van der Waals surface area (Å²) < 4.78 is 1.83. The quantitative estimate of drug-likeness (QED) is 0.585. The second-order valence-electron chi connectivity index (χ2n) is 7.04. The van der Waals surface area contributed by atoms with Gasteiger partial charge in [-0.05, 0) is 32.0 Å². The molecule has 1 aliphatic rings. The molecular weight excluding hydrogens is 386 g/mol. The van der Waals surface area contributed by atoms with E-state index in [4.69, 9.17) is 16.7 Å². The number of aliphatic carboxylic acids is 1. The van der Waals surface area contributed by atoms with Crippen LogP contribution in [0.2, 0.25) is 5.02 Å². The van der Waals surface area contributed by atoms with Crippen molar-refractivity contribution in [1.29, 1.82) is 0 Å². The van der Waals surface area contributed by atoms with Crippen LogP contribution in [0, 0.1) is 0 Å². The smallest absolute Gasteiger partial charge is 0.341 e. The van der Waals surface area contributed by atoms with Gasteiger partial charge < -0.3 is 25.0 Å². The molecule has 0 spiro atoms. The number of aromatic nitrogens is 1. The van der Waals surface area contributed by atoms with E-state index in [0.717, 1.165) is 12.8 Å². The molecule has 3 N–H and O–H groups in total. The second-order valence-corrected chi connectivity index (χ2v) is 7.45. The Labute approximate surface area is 166 Å². The molecular formula is C19H22ClN3O5. The molecule has 1 saturated carbocycles. The number of aromatic carboxylic acids is 1. The summed E-state index contributed by atoms with van der Waals surface area (Å²) in [6.45, 7) is 1.51. The fourth-order valence-corrected chi connectivity index (χ4v) is 3.32. The van der Waals surface area contributed by atoms with Gasteiger partial charge in [0.05, 0.1) is 22.6 Å². The van der Waals surface area contributed by atoms with Gasteiger partial charge in [-0.3, -0.25) is 9.59 Å². The number of rotatable bonds is 9. The molecule has 1 aliphatic carbocycles. The summed E-state index contributed by atoms with van der Waals surface area (Å²) in [6.07, 6.45) is 3.35. The maximum atomic E-state index is 12.6. The minimum atomic E-state index is -1.24. The van der Waals surface area contributed by atoms with Gasteiger partial charge in [-0.15, -0.1) is 0 Å². The number of likely N-dealkylation sites (N-methyl/N-ethyl adjacent to an activating group) is 1. The molecule has 28 heavy (non-hydrogen) atoms. The predicted octanol–water partition coefficient (Wildman–Crippen LogP) is 2.51. The Morgan fingerprint density at radius 3 is 2.61 bits per heavy atom. The van der Waals surface area contributed by atoms with Gasteiger partial charge in [0.1, 0.15) is 5.56 Å². The highest BCUT2D eigenvalue weighted by Crippen LogP contribution is 2.38. The standard InChI is InChI=1S/C19H22ClN3O5/c1-22(6-4-17(24)25)7-5-21-15-8-12-16(9-14(15)20)23(11-2-3-11)10-13(18(12)26)19(27)28/h8-11,21H,2-7H2,1H3,(H,24,25)(H,27,28). The van der Waals surface area contributed by atoms with Crippen molar-refractivity contribution < 1.29 is 19.8 Å². The van der Waals surface area contributed by atoms with Gasteiger partial charge in [0.2, 0.25) is 5.43 Å². The molecule has 1 aromatic carbocycles. The molecule has 0 amide bonds. The summed E-state index contributed by atoms with van der Waals surface area (Å²) in [5.41, 5.74) is 0.396. The highest BCUT2D eigenvalue weighted by atomic mass is 35.5. The maximum Gasteiger partial charge on any atom is 0.341 e. The van der Waals surface area contributed by atoms with Crippen LogP contribution in [0.3, 0.4) is 0 Å². The lowest BCUT2D eigenvalue weighted by atomic mass is 10.1. The summed E-state index contributed by atoms with van der Waals surface area (Å²) >= 11 is 6.39. The molecule has 0 aliphatic heterocycles. The Bertz CT molecular complexity index is 984. The second kappa shape index (κ2) is 8.20.